The molecule has 0 aliphatic heterocycles. The summed E-state index contributed by atoms with van der Waals surface area (Å²) in [5.74, 6) is -0.648. The molecule has 86 valence electrons. The fourth-order valence-electron chi connectivity index (χ4n) is 1.65. The van der Waals surface area contributed by atoms with Crippen molar-refractivity contribution in [3.8, 4) is 11.5 Å². The zero-order valence-corrected chi connectivity index (χ0v) is 8.65. The monoisotopic (exact) mass is 232 g/mol. The first-order chi connectivity index (χ1) is 8.25. The molecule has 0 radical (unpaired) electrons. The predicted molar refractivity (Wildman–Crippen MR) is 53.8 cm³/mol. The van der Waals surface area contributed by atoms with Gasteiger partial charge in [-0.15, -0.1) is 0 Å². The van der Waals surface area contributed by atoms with Crippen LogP contribution in [0.15, 0.2) is 23.1 Å². The molecular weight excluding hydrogens is 224 g/mol. The molecule has 3 rings (SSSR count). The van der Waals surface area contributed by atoms with Crippen molar-refractivity contribution in [3.05, 3.63) is 24.5 Å². The van der Waals surface area contributed by atoms with E-state index in [2.05, 4.69) is 20.1 Å². The van der Waals surface area contributed by atoms with Gasteiger partial charge in [0.2, 0.25) is 11.7 Å². The SMILES string of the molecule is O=C(O)C1CC1c1nc(-c2ccncn2)no1. The summed E-state index contributed by atoms with van der Waals surface area (Å²) in [7, 11) is 0. The van der Waals surface area contributed by atoms with Gasteiger partial charge in [-0.05, 0) is 12.5 Å². The van der Waals surface area contributed by atoms with Crippen LogP contribution in [-0.2, 0) is 4.79 Å². The van der Waals surface area contributed by atoms with E-state index >= 15 is 0 Å². The number of aliphatic carboxylic acids is 1. The average Bonchev–Trinajstić information content (AvgIpc) is 3.01. The van der Waals surface area contributed by atoms with Gasteiger partial charge < -0.3 is 9.63 Å². The molecule has 1 N–H and O–H groups in total. The molecule has 1 aliphatic rings. The number of hydrogen-bond acceptors (Lipinski definition) is 6. The van der Waals surface area contributed by atoms with Gasteiger partial charge in [-0.1, -0.05) is 5.16 Å². The third-order valence-electron chi connectivity index (χ3n) is 2.68. The second-order valence-electron chi connectivity index (χ2n) is 3.84. The standard InChI is InChI=1S/C10H8N4O3/c15-10(16)6-3-5(6)9-13-8(14-17-9)7-1-2-11-4-12-7/h1-2,4-6H,3H2,(H,15,16). The van der Waals surface area contributed by atoms with Crippen molar-refractivity contribution in [3.63, 3.8) is 0 Å². The van der Waals surface area contributed by atoms with Gasteiger partial charge in [0.05, 0.1) is 11.8 Å². The lowest BCUT2D eigenvalue weighted by atomic mass is 10.3. The molecule has 1 saturated carbocycles. The van der Waals surface area contributed by atoms with E-state index < -0.39 is 11.9 Å². The number of rotatable bonds is 3. The Bertz CT molecular complexity index is 554. The van der Waals surface area contributed by atoms with Crippen molar-refractivity contribution in [1.29, 1.82) is 0 Å². The average molecular weight is 232 g/mol. The molecule has 2 unspecified atom stereocenters. The summed E-state index contributed by atoms with van der Waals surface area (Å²) in [5, 5.41) is 12.6. The summed E-state index contributed by atoms with van der Waals surface area (Å²) in [6.45, 7) is 0. The molecule has 7 nitrogen and oxygen atoms in total. The van der Waals surface area contributed by atoms with Gasteiger partial charge in [-0.2, -0.15) is 4.98 Å². The molecule has 2 aromatic rings. The van der Waals surface area contributed by atoms with E-state index in [-0.39, 0.29) is 5.92 Å². The summed E-state index contributed by atoms with van der Waals surface area (Å²) >= 11 is 0. The first-order valence-corrected chi connectivity index (χ1v) is 5.08. The van der Waals surface area contributed by atoms with Crippen molar-refractivity contribution < 1.29 is 14.4 Å². The number of nitrogens with zero attached hydrogens (tertiary/aromatic N) is 4. The molecule has 0 spiro atoms. The van der Waals surface area contributed by atoms with Gasteiger partial charge in [0.15, 0.2) is 0 Å². The predicted octanol–water partition coefficient (Wildman–Crippen LogP) is 0.715. The van der Waals surface area contributed by atoms with Gasteiger partial charge in [-0.3, -0.25) is 4.79 Å². The maximum atomic E-state index is 10.7. The summed E-state index contributed by atoms with van der Waals surface area (Å²) < 4.78 is 5.04. The lowest BCUT2D eigenvalue weighted by Gasteiger charge is -1.89. The van der Waals surface area contributed by atoms with Gasteiger partial charge in [0.25, 0.3) is 0 Å². The lowest BCUT2D eigenvalue weighted by Crippen LogP contribution is -1.99. The van der Waals surface area contributed by atoms with Crippen LogP contribution in [0.1, 0.15) is 18.2 Å². The number of aromatic nitrogens is 4. The fourth-order valence-corrected chi connectivity index (χ4v) is 1.65. The molecular formula is C10H8N4O3. The summed E-state index contributed by atoms with van der Waals surface area (Å²) in [6.07, 6.45) is 3.53. The van der Waals surface area contributed by atoms with Crippen LogP contribution in [0.2, 0.25) is 0 Å². The van der Waals surface area contributed by atoms with Crippen LogP contribution in [0.4, 0.5) is 0 Å². The zero-order valence-electron chi connectivity index (χ0n) is 8.65. The number of carboxylic acids is 1. The lowest BCUT2D eigenvalue weighted by molar-refractivity contribution is -0.138. The third kappa shape index (κ3) is 1.75. The first-order valence-electron chi connectivity index (χ1n) is 5.08. The van der Waals surface area contributed by atoms with Crippen molar-refractivity contribution in [2.45, 2.75) is 12.3 Å². The highest BCUT2D eigenvalue weighted by molar-refractivity contribution is 5.74. The Morgan fingerprint density at radius 1 is 1.53 bits per heavy atom. The normalized spacial score (nSPS) is 22.4. The number of carboxylic acid groups (broad SMARTS) is 1. The van der Waals surface area contributed by atoms with Crippen LogP contribution in [0, 0.1) is 5.92 Å². The van der Waals surface area contributed by atoms with E-state index in [9.17, 15) is 4.79 Å². The third-order valence-corrected chi connectivity index (χ3v) is 2.68. The molecule has 0 bridgehead atoms. The van der Waals surface area contributed by atoms with E-state index in [1.54, 1.807) is 12.3 Å². The second kappa shape index (κ2) is 3.62. The largest absolute Gasteiger partial charge is 0.481 e. The van der Waals surface area contributed by atoms with Crippen LogP contribution in [0.5, 0.6) is 0 Å². The summed E-state index contributed by atoms with van der Waals surface area (Å²) in [6, 6.07) is 1.66. The molecule has 7 heteroatoms. The van der Waals surface area contributed by atoms with Crippen LogP contribution in [-0.4, -0.2) is 31.2 Å². The molecule has 1 aliphatic carbocycles. The molecule has 2 atom stereocenters. The van der Waals surface area contributed by atoms with Crippen molar-refractivity contribution >= 4 is 5.97 Å². The molecule has 1 fully saturated rings. The van der Waals surface area contributed by atoms with E-state index in [1.165, 1.54) is 6.33 Å². The zero-order chi connectivity index (χ0) is 11.8. The van der Waals surface area contributed by atoms with Crippen molar-refractivity contribution in [1.82, 2.24) is 20.1 Å². The van der Waals surface area contributed by atoms with Crippen molar-refractivity contribution in [2.75, 3.05) is 0 Å². The minimum atomic E-state index is -0.822. The number of hydrogen-bond donors (Lipinski definition) is 1. The van der Waals surface area contributed by atoms with Gasteiger partial charge >= 0.3 is 5.97 Å². The van der Waals surface area contributed by atoms with Crippen LogP contribution in [0.25, 0.3) is 11.5 Å². The van der Waals surface area contributed by atoms with Crippen LogP contribution in [0.3, 0.4) is 0 Å². The Balaban J connectivity index is 1.83. The quantitative estimate of drug-likeness (QED) is 0.831. The Kier molecular flexibility index (Phi) is 2.10. The summed E-state index contributed by atoms with van der Waals surface area (Å²) in [4.78, 5) is 22.6. The fraction of sp³-hybridized carbons (Fsp3) is 0.300. The Morgan fingerprint density at radius 2 is 2.41 bits per heavy atom. The summed E-state index contributed by atoms with van der Waals surface area (Å²) in [5.41, 5.74) is 0.558. The van der Waals surface area contributed by atoms with E-state index in [0.29, 0.717) is 23.8 Å². The molecule has 0 saturated heterocycles. The molecule has 2 heterocycles. The highest BCUT2D eigenvalue weighted by Crippen LogP contribution is 2.46. The molecule has 17 heavy (non-hydrogen) atoms. The Morgan fingerprint density at radius 3 is 3.06 bits per heavy atom. The molecule has 0 aromatic carbocycles. The van der Waals surface area contributed by atoms with Crippen LogP contribution < -0.4 is 0 Å². The van der Waals surface area contributed by atoms with Crippen LogP contribution >= 0.6 is 0 Å². The maximum Gasteiger partial charge on any atom is 0.307 e. The van der Waals surface area contributed by atoms with Gasteiger partial charge in [0.1, 0.15) is 12.0 Å². The van der Waals surface area contributed by atoms with E-state index in [0.717, 1.165) is 0 Å². The minimum Gasteiger partial charge on any atom is -0.481 e. The van der Waals surface area contributed by atoms with Crippen molar-refractivity contribution in [2.24, 2.45) is 5.92 Å². The minimum absolute atomic E-state index is 0.157. The topological polar surface area (TPSA) is 102 Å². The molecule has 0 amide bonds. The molecule has 2 aromatic heterocycles. The Hall–Kier alpha value is -2.31. The second-order valence-corrected chi connectivity index (χ2v) is 3.84. The van der Waals surface area contributed by atoms with E-state index in [4.69, 9.17) is 9.63 Å². The number of carbonyl (C=O) groups is 1. The Labute approximate surface area is 95.5 Å². The smallest absolute Gasteiger partial charge is 0.307 e. The van der Waals surface area contributed by atoms with E-state index in [1.807, 2.05) is 0 Å². The van der Waals surface area contributed by atoms with Gasteiger partial charge in [-0.25, -0.2) is 9.97 Å². The highest BCUT2D eigenvalue weighted by Gasteiger charge is 2.48. The van der Waals surface area contributed by atoms with Gasteiger partial charge in [0, 0.05) is 6.20 Å². The maximum absolute atomic E-state index is 10.7. The highest BCUT2D eigenvalue weighted by atomic mass is 16.5. The first kappa shape index (κ1) is 9.88.